The molecule has 1 aliphatic rings. The highest BCUT2D eigenvalue weighted by molar-refractivity contribution is 4.92. The summed E-state index contributed by atoms with van der Waals surface area (Å²) in [6, 6.07) is 2.06. The third kappa shape index (κ3) is 0.707. The van der Waals surface area contributed by atoms with E-state index in [1.54, 1.807) is 6.20 Å². The maximum absolute atomic E-state index is 3.89. The van der Waals surface area contributed by atoms with Gasteiger partial charge in [0.15, 0.2) is 0 Å². The third-order valence-electron chi connectivity index (χ3n) is 1.68. The van der Waals surface area contributed by atoms with Crippen molar-refractivity contribution in [1.29, 1.82) is 0 Å². The van der Waals surface area contributed by atoms with Crippen LogP contribution >= 0.6 is 0 Å². The highest BCUT2D eigenvalue weighted by Gasteiger charge is 2.14. The molecule has 2 rings (SSSR count). The van der Waals surface area contributed by atoms with Gasteiger partial charge in [-0.15, -0.1) is 0 Å². The molecule has 0 N–H and O–H groups in total. The first kappa shape index (κ1) is 4.91. The molecule has 1 aliphatic heterocycles. The zero-order valence-corrected chi connectivity index (χ0v) is 5.17. The second-order valence-electron chi connectivity index (χ2n) is 2.29. The van der Waals surface area contributed by atoms with E-state index in [0.29, 0.717) is 0 Å². The number of hydrogen-bond donors (Lipinski definition) is 0. The van der Waals surface area contributed by atoms with Crippen LogP contribution in [0.15, 0.2) is 12.3 Å². The Kier molecular flexibility index (Phi) is 0.979. The Balaban J connectivity index is 2.54. The predicted octanol–water partition coefficient (Wildman–Crippen LogP) is 0.115. The lowest BCUT2D eigenvalue weighted by molar-refractivity contribution is -0.697. The van der Waals surface area contributed by atoms with E-state index in [9.17, 15) is 0 Å². The Labute approximate surface area is 54.2 Å². The van der Waals surface area contributed by atoms with Gasteiger partial charge in [0, 0.05) is 12.5 Å². The molecule has 9 heavy (non-hydrogen) atoms. The Morgan fingerprint density at radius 2 is 2.67 bits per heavy atom. The lowest BCUT2D eigenvalue weighted by atomic mass is 10.3. The normalized spacial score (nSPS) is 15.6. The summed E-state index contributed by atoms with van der Waals surface area (Å²) in [4.78, 5) is 3.89. The van der Waals surface area contributed by atoms with Crippen molar-refractivity contribution in [3.8, 4) is 0 Å². The molecule has 1 aromatic rings. The Hall–Kier alpha value is -0.920. The third-order valence-corrected chi connectivity index (χ3v) is 1.68. The maximum atomic E-state index is 3.89. The molecule has 0 aliphatic carbocycles. The van der Waals surface area contributed by atoms with Gasteiger partial charge in [0.1, 0.15) is 11.9 Å². The topological polar surface area (TPSA) is 16.8 Å². The first-order valence-corrected chi connectivity index (χ1v) is 3.22. The van der Waals surface area contributed by atoms with Crippen LogP contribution in [0.1, 0.15) is 12.1 Å². The van der Waals surface area contributed by atoms with Crippen molar-refractivity contribution in [2.24, 2.45) is 0 Å². The van der Waals surface area contributed by atoms with E-state index < -0.39 is 0 Å². The first-order chi connectivity index (χ1) is 4.47. The van der Waals surface area contributed by atoms with Gasteiger partial charge in [-0.05, 0) is 11.4 Å². The van der Waals surface area contributed by atoms with Crippen LogP contribution in [-0.2, 0) is 13.0 Å². The minimum Gasteiger partial charge on any atom is -0.221 e. The summed E-state index contributed by atoms with van der Waals surface area (Å²) in [6.45, 7) is 1.10. The van der Waals surface area contributed by atoms with Crippen molar-refractivity contribution in [2.45, 2.75) is 19.4 Å². The lowest BCUT2D eigenvalue weighted by Crippen LogP contribution is -2.33. The van der Waals surface area contributed by atoms with Crippen molar-refractivity contribution in [1.82, 2.24) is 4.98 Å². The molecule has 0 atom stereocenters. The van der Waals surface area contributed by atoms with Crippen molar-refractivity contribution in [3.05, 3.63) is 24.3 Å². The lowest BCUT2D eigenvalue weighted by Gasteiger charge is -1.86. The van der Waals surface area contributed by atoms with E-state index in [4.69, 9.17) is 0 Å². The fourth-order valence-electron chi connectivity index (χ4n) is 1.21. The largest absolute Gasteiger partial charge is 0.418 e. The van der Waals surface area contributed by atoms with E-state index in [2.05, 4.69) is 21.9 Å². The quantitative estimate of drug-likeness (QED) is 0.444. The van der Waals surface area contributed by atoms with Crippen molar-refractivity contribution in [2.75, 3.05) is 0 Å². The molecule has 1 aromatic heterocycles. The first-order valence-electron chi connectivity index (χ1n) is 3.22. The minimum atomic E-state index is 1.10. The van der Waals surface area contributed by atoms with Gasteiger partial charge in [-0.1, -0.05) is 0 Å². The SMILES string of the molecule is [c]1nccc2[n+]1CCC2. The van der Waals surface area contributed by atoms with Crippen LogP contribution in [0, 0.1) is 6.33 Å². The van der Waals surface area contributed by atoms with E-state index >= 15 is 0 Å². The maximum Gasteiger partial charge on any atom is 0.418 e. The summed E-state index contributed by atoms with van der Waals surface area (Å²) >= 11 is 0. The van der Waals surface area contributed by atoms with Crippen LogP contribution in [0.4, 0.5) is 0 Å². The van der Waals surface area contributed by atoms with Gasteiger partial charge in [0.05, 0.1) is 6.54 Å². The average molecular weight is 120 g/mol. The van der Waals surface area contributed by atoms with Crippen LogP contribution in [0.2, 0.25) is 0 Å². The monoisotopic (exact) mass is 120 g/mol. The molecule has 45 valence electrons. The van der Waals surface area contributed by atoms with Gasteiger partial charge in [-0.2, -0.15) is 0 Å². The summed E-state index contributed by atoms with van der Waals surface area (Å²) in [5.74, 6) is 0. The second kappa shape index (κ2) is 1.79. The molecule has 0 bridgehead atoms. The molecule has 0 spiro atoms. The molecule has 2 nitrogen and oxygen atoms in total. The molecule has 0 fully saturated rings. The van der Waals surface area contributed by atoms with E-state index in [-0.39, 0.29) is 0 Å². The highest BCUT2D eigenvalue weighted by atomic mass is 15.0. The van der Waals surface area contributed by atoms with Crippen molar-refractivity contribution < 1.29 is 4.57 Å². The van der Waals surface area contributed by atoms with Crippen molar-refractivity contribution >= 4 is 0 Å². The number of hydrogen-bond acceptors (Lipinski definition) is 1. The Morgan fingerprint density at radius 1 is 1.67 bits per heavy atom. The number of nitrogens with zero attached hydrogens (tertiary/aromatic N) is 2. The average Bonchev–Trinajstić information content (AvgIpc) is 2.33. The Bertz CT molecular complexity index is 197. The predicted molar refractivity (Wildman–Crippen MR) is 31.6 cm³/mol. The summed E-state index contributed by atoms with van der Waals surface area (Å²) in [7, 11) is 0. The molecule has 1 radical (unpaired) electrons. The standard InChI is InChI=1S/C7H8N2/c1-2-7-3-4-8-6-9(7)5-1/h3-4H,1-2,5H2/q+1. The molecule has 0 aromatic carbocycles. The Morgan fingerprint density at radius 3 is 3.56 bits per heavy atom. The smallest absolute Gasteiger partial charge is 0.221 e. The van der Waals surface area contributed by atoms with Gasteiger partial charge >= 0.3 is 6.33 Å². The zero-order valence-electron chi connectivity index (χ0n) is 5.17. The van der Waals surface area contributed by atoms with Gasteiger partial charge in [-0.25, -0.2) is 4.57 Å². The molecule has 0 saturated carbocycles. The van der Waals surface area contributed by atoms with E-state index in [1.165, 1.54) is 18.5 Å². The van der Waals surface area contributed by atoms with Crippen LogP contribution in [0.25, 0.3) is 0 Å². The number of rotatable bonds is 0. The van der Waals surface area contributed by atoms with Gasteiger partial charge in [0.25, 0.3) is 0 Å². The van der Waals surface area contributed by atoms with Crippen LogP contribution in [0.5, 0.6) is 0 Å². The van der Waals surface area contributed by atoms with Crippen LogP contribution < -0.4 is 4.57 Å². The summed E-state index contributed by atoms with van der Waals surface area (Å²) in [6.07, 6.45) is 7.16. The highest BCUT2D eigenvalue weighted by Crippen LogP contribution is 2.01. The fourth-order valence-corrected chi connectivity index (χ4v) is 1.21. The van der Waals surface area contributed by atoms with Gasteiger partial charge in [-0.3, -0.25) is 0 Å². The summed E-state index contributed by atoms with van der Waals surface area (Å²) < 4.78 is 2.08. The molecular weight excluding hydrogens is 112 g/mol. The molecule has 2 heteroatoms. The van der Waals surface area contributed by atoms with Crippen LogP contribution in [-0.4, -0.2) is 4.98 Å². The zero-order chi connectivity index (χ0) is 6.10. The van der Waals surface area contributed by atoms with E-state index in [0.717, 1.165) is 6.54 Å². The van der Waals surface area contributed by atoms with Crippen molar-refractivity contribution in [3.63, 3.8) is 0 Å². The van der Waals surface area contributed by atoms with Gasteiger partial charge < -0.3 is 0 Å². The number of aromatic nitrogens is 2. The van der Waals surface area contributed by atoms with Gasteiger partial charge in [0.2, 0.25) is 0 Å². The summed E-state index contributed by atoms with van der Waals surface area (Å²) in [5, 5.41) is 0. The van der Waals surface area contributed by atoms with E-state index in [1.807, 2.05) is 0 Å². The fraction of sp³-hybridized carbons (Fsp3) is 0.429. The molecule has 2 heterocycles. The number of fused-ring (bicyclic) bond motifs is 1. The molecule has 0 saturated heterocycles. The van der Waals surface area contributed by atoms with Crippen LogP contribution in [0.3, 0.4) is 0 Å². The second-order valence-corrected chi connectivity index (χ2v) is 2.29. The summed E-state index contributed by atoms with van der Waals surface area (Å²) in [5.41, 5.74) is 1.37. The minimum absolute atomic E-state index is 1.10. The number of aryl methyl sites for hydroxylation is 2. The molecule has 0 amide bonds. The molecular formula is C7H8N2+. The molecule has 0 unspecified atom stereocenters.